The van der Waals surface area contributed by atoms with E-state index in [-0.39, 0.29) is 23.0 Å². The molecular formula is C68H130N6O12S2. The van der Waals surface area contributed by atoms with Crippen LogP contribution in [0, 0.1) is 92.7 Å². The van der Waals surface area contributed by atoms with E-state index in [2.05, 4.69) is 67.0 Å². The first-order valence-corrected chi connectivity index (χ1v) is 38.5. The molecule has 0 amide bonds. The summed E-state index contributed by atoms with van der Waals surface area (Å²) in [6.07, 6.45) is 29.5. The molecule has 0 radical (unpaired) electrons. The zero-order valence-electron chi connectivity index (χ0n) is 56.2. The lowest BCUT2D eigenvalue weighted by molar-refractivity contribution is -0.167. The highest BCUT2D eigenvalue weighted by atomic mass is 32.3. The number of fused-ring (bicyclic) bond motifs is 10. The van der Waals surface area contributed by atoms with Gasteiger partial charge in [0.15, 0.2) is 0 Å². The van der Waals surface area contributed by atoms with Crippen LogP contribution < -0.4 is 32.7 Å². The van der Waals surface area contributed by atoms with Gasteiger partial charge < -0.3 is 53.2 Å². The monoisotopic (exact) mass is 1290 g/mol. The molecule has 0 aromatic heterocycles. The summed E-state index contributed by atoms with van der Waals surface area (Å²) in [4.78, 5) is 0. The van der Waals surface area contributed by atoms with Gasteiger partial charge >= 0.3 is 20.8 Å². The van der Waals surface area contributed by atoms with E-state index in [0.717, 1.165) is 129 Å². The first kappa shape index (κ1) is 74.7. The van der Waals surface area contributed by atoms with Gasteiger partial charge in [-0.15, -0.1) is 0 Å². The second-order valence-corrected chi connectivity index (χ2v) is 34.3. The molecule has 0 heterocycles. The minimum Gasteiger partial charge on any atom is -0.393 e. The van der Waals surface area contributed by atoms with Crippen LogP contribution in [-0.2, 0) is 29.2 Å². The molecule has 8 rings (SSSR count). The van der Waals surface area contributed by atoms with E-state index in [1.807, 2.05) is 0 Å². The van der Waals surface area contributed by atoms with Crippen molar-refractivity contribution in [3.8, 4) is 0 Å². The van der Waals surface area contributed by atoms with Crippen molar-refractivity contribution in [2.45, 2.75) is 271 Å². The lowest BCUT2D eigenvalue weighted by Crippen LogP contribution is -2.59. The normalized spacial score (nSPS) is 39.2. The van der Waals surface area contributed by atoms with Crippen molar-refractivity contribution in [3.63, 3.8) is 0 Å². The fraction of sp³-hybridized carbons (Fsp3) is 1.00. The summed E-state index contributed by atoms with van der Waals surface area (Å²) >= 11 is 0. The molecule has 516 valence electrons. The fourth-order valence-corrected chi connectivity index (χ4v) is 22.6. The molecule has 8 fully saturated rings. The number of unbranched alkanes of at least 4 members (excludes halogenated alkanes) is 2. The lowest BCUT2D eigenvalue weighted by atomic mass is 9.43. The van der Waals surface area contributed by atoms with Gasteiger partial charge in [0.25, 0.3) is 0 Å². The molecule has 0 aromatic carbocycles. The van der Waals surface area contributed by atoms with E-state index in [9.17, 15) is 37.3 Å². The van der Waals surface area contributed by atoms with Crippen LogP contribution in [0.4, 0.5) is 0 Å². The first-order chi connectivity index (χ1) is 41.5. The Labute approximate surface area is 534 Å². The zero-order chi connectivity index (χ0) is 64.4. The second-order valence-electron chi connectivity index (χ2n) is 32.1. The highest BCUT2D eigenvalue weighted by Crippen LogP contribution is 2.70. The van der Waals surface area contributed by atoms with Crippen molar-refractivity contribution in [3.05, 3.63) is 0 Å². The number of aliphatic hydroxyl groups excluding tert-OH is 3. The van der Waals surface area contributed by atoms with Crippen LogP contribution in [0.5, 0.6) is 0 Å². The van der Waals surface area contributed by atoms with E-state index in [0.29, 0.717) is 107 Å². The largest absolute Gasteiger partial charge is 0.397 e. The Morgan fingerprint density at radius 2 is 0.943 bits per heavy atom. The molecule has 0 saturated heterocycles. The minimum absolute atomic E-state index is 0.203. The Morgan fingerprint density at radius 3 is 1.35 bits per heavy atom. The Kier molecular flexibility index (Phi) is 27.5. The summed E-state index contributed by atoms with van der Waals surface area (Å²) in [6, 6.07) is 1.13. The van der Waals surface area contributed by atoms with Gasteiger partial charge in [-0.25, -0.2) is 8.37 Å². The summed E-state index contributed by atoms with van der Waals surface area (Å²) in [5.74, 6) is 6.44. The SMILES string of the molecule is CC(CCCC(C)(CO)OS(=O)(=O)O)[C@H]1CCC2C3C(CC[C@@]21C)[C@@]1(C)CC[C@H](NCCCNCCCCN)C[C@@H]1C[C@H]3O.CC(CCCC(C)(O)COS(=O)(=O)O)[C@H]1CCC2C3C(CC[C@@]21C)[C@@]1(C)CC[C@H](NCCCNCCCCN)C[C@@H]1C[C@H]3O. The highest BCUT2D eigenvalue weighted by molar-refractivity contribution is 7.81. The molecule has 0 aromatic rings. The average Bonchev–Trinajstić information content (AvgIpc) is 1.29. The third-order valence-electron chi connectivity index (χ3n) is 26.3. The standard InChI is InChI=1S/2C34H65N3O6S/c1-24(9-7-14-32(2,39)23-43-44(40,41)42)27-10-11-28-31-29(13-16-34(27,28)4)33(3)15-12-26(21-25(33)22-30(31)38)37-20-8-19-36-18-6-5-17-35;1-24(9-7-14-32(2,23-38)43-44(40,41)42)27-10-11-28-31-29(13-16-34(27,28)4)33(3)15-12-26(21-25(33)22-30(31)39)37-20-8-19-36-18-6-5-17-35/h2*24-31,36-39H,5-23,35H2,1-4H3,(H,40,41,42)/t2*24?,25-,26+,27-,28?,29?,30-,31?,32?,33+,34-/m11/s1. The number of aliphatic hydroxyl groups is 4. The molecule has 14 N–H and O–H groups in total. The van der Waals surface area contributed by atoms with Gasteiger partial charge in [-0.3, -0.25) is 9.11 Å². The molecule has 88 heavy (non-hydrogen) atoms. The first-order valence-electron chi connectivity index (χ1n) is 35.7. The summed E-state index contributed by atoms with van der Waals surface area (Å²) in [5.41, 5.74) is 9.65. The third-order valence-corrected chi connectivity index (χ3v) is 27.4. The maximum atomic E-state index is 11.8. The maximum absolute atomic E-state index is 11.8. The molecular weight excluding hydrogens is 1160 g/mol. The quantitative estimate of drug-likeness (QED) is 0.0211. The molecule has 0 aliphatic heterocycles. The maximum Gasteiger partial charge on any atom is 0.397 e. The third kappa shape index (κ3) is 18.9. The number of nitrogens with two attached hydrogens (primary N) is 2. The predicted octanol–water partition coefficient (Wildman–Crippen LogP) is 9.34. The molecule has 0 spiro atoms. The summed E-state index contributed by atoms with van der Waals surface area (Å²) in [6.45, 7) is 24.9. The molecule has 8 aliphatic carbocycles. The van der Waals surface area contributed by atoms with Crippen molar-refractivity contribution >= 4 is 20.8 Å². The van der Waals surface area contributed by atoms with E-state index >= 15 is 0 Å². The lowest BCUT2D eigenvalue weighted by Gasteiger charge is -2.62. The smallest absolute Gasteiger partial charge is 0.393 e. The molecule has 20 heteroatoms. The van der Waals surface area contributed by atoms with Crippen molar-refractivity contribution < 1.29 is 54.7 Å². The molecule has 18 nitrogen and oxygen atoms in total. The molecule has 0 bridgehead atoms. The Hall–Kier alpha value is -0.660. The molecule has 10 unspecified atom stereocenters. The van der Waals surface area contributed by atoms with Gasteiger partial charge in [0, 0.05) is 12.1 Å². The van der Waals surface area contributed by atoms with E-state index < -0.39 is 45.2 Å². The number of hydrogen-bond donors (Lipinski definition) is 12. The van der Waals surface area contributed by atoms with Crippen LogP contribution in [0.15, 0.2) is 0 Å². The Balaban J connectivity index is 0.000000251. The van der Waals surface area contributed by atoms with Crippen LogP contribution in [0.3, 0.4) is 0 Å². The number of nitrogens with one attached hydrogen (secondary N) is 4. The fourth-order valence-electron chi connectivity index (χ4n) is 21.5. The topological polar surface area (TPSA) is 308 Å². The summed E-state index contributed by atoms with van der Waals surface area (Å²) in [7, 11) is -9.18. The van der Waals surface area contributed by atoms with Crippen molar-refractivity contribution in [1.29, 1.82) is 0 Å². The van der Waals surface area contributed by atoms with Crippen LogP contribution in [0.2, 0.25) is 0 Å². The van der Waals surface area contributed by atoms with Gasteiger partial charge in [0.05, 0.1) is 31.0 Å². The van der Waals surface area contributed by atoms with Gasteiger partial charge in [-0.1, -0.05) is 67.2 Å². The second kappa shape index (κ2) is 32.4. The molecule has 8 aliphatic rings. The van der Waals surface area contributed by atoms with Crippen molar-refractivity contribution in [2.24, 2.45) is 104 Å². The Morgan fingerprint density at radius 1 is 0.534 bits per heavy atom. The highest BCUT2D eigenvalue weighted by Gasteiger charge is 2.65. The van der Waals surface area contributed by atoms with Gasteiger partial charge in [-0.2, -0.15) is 16.8 Å². The molecule has 8 saturated carbocycles. The van der Waals surface area contributed by atoms with E-state index in [1.165, 1.54) is 96.8 Å². The zero-order valence-corrected chi connectivity index (χ0v) is 57.8. The van der Waals surface area contributed by atoms with Gasteiger partial charge in [-0.05, 0) is 313 Å². The summed E-state index contributed by atoms with van der Waals surface area (Å²) in [5, 5.41) is 58.6. The van der Waals surface area contributed by atoms with Crippen LogP contribution >= 0.6 is 0 Å². The van der Waals surface area contributed by atoms with Crippen molar-refractivity contribution in [1.82, 2.24) is 21.3 Å². The summed E-state index contributed by atoms with van der Waals surface area (Å²) < 4.78 is 71.6. The predicted molar refractivity (Wildman–Crippen MR) is 351 cm³/mol. The van der Waals surface area contributed by atoms with Crippen LogP contribution in [0.1, 0.15) is 235 Å². The number of rotatable bonds is 34. The van der Waals surface area contributed by atoms with Crippen molar-refractivity contribution in [2.75, 3.05) is 65.6 Å². The van der Waals surface area contributed by atoms with Crippen LogP contribution in [-0.4, -0.2) is 147 Å². The van der Waals surface area contributed by atoms with E-state index in [1.54, 1.807) is 6.92 Å². The van der Waals surface area contributed by atoms with Crippen LogP contribution in [0.25, 0.3) is 0 Å². The number of hydrogen-bond acceptors (Lipinski definition) is 16. The minimum atomic E-state index is -4.62. The van der Waals surface area contributed by atoms with Gasteiger partial charge in [0.1, 0.15) is 5.60 Å². The molecule has 22 atom stereocenters. The van der Waals surface area contributed by atoms with Gasteiger partial charge in [0.2, 0.25) is 0 Å². The van der Waals surface area contributed by atoms with E-state index in [4.69, 9.17) is 24.8 Å². The Bertz CT molecular complexity index is 2350. The average molecular weight is 1290 g/mol.